The highest BCUT2D eigenvalue weighted by Gasteiger charge is 2.03. The molecule has 56 valence electrons. The van der Waals surface area contributed by atoms with Crippen molar-refractivity contribution in [3.63, 3.8) is 0 Å². The first kappa shape index (κ1) is 10.3. The highest BCUT2D eigenvalue weighted by atomic mass is 79.9. The van der Waals surface area contributed by atoms with E-state index in [-0.39, 0.29) is 22.8 Å². The highest BCUT2D eigenvalue weighted by molar-refractivity contribution is 9.09. The number of ketones is 1. The van der Waals surface area contributed by atoms with Crippen LogP contribution in [0.15, 0.2) is 10.9 Å². The predicted molar refractivity (Wildman–Crippen MR) is 50.6 cm³/mol. The van der Waals surface area contributed by atoms with Gasteiger partial charge in [-0.05, 0) is 0 Å². The first-order chi connectivity index (χ1) is 4.34. The van der Waals surface area contributed by atoms with Crippen molar-refractivity contribution in [3.05, 3.63) is 16.6 Å². The summed E-state index contributed by atoms with van der Waals surface area (Å²) in [4.78, 5) is 14.6. The SMILES string of the molecule is Br.O=C(CBr)c1cscn1. The number of alkyl halides is 1. The largest absolute Gasteiger partial charge is 0.291 e. The molecule has 10 heavy (non-hydrogen) atoms. The fraction of sp³-hybridized carbons (Fsp3) is 0.200. The molecule has 0 saturated carbocycles. The Labute approximate surface area is 81.6 Å². The molecule has 0 amide bonds. The van der Waals surface area contributed by atoms with Gasteiger partial charge in [-0.2, -0.15) is 0 Å². The van der Waals surface area contributed by atoms with Crippen LogP contribution < -0.4 is 0 Å². The third kappa shape index (κ3) is 2.48. The van der Waals surface area contributed by atoms with E-state index in [2.05, 4.69) is 20.9 Å². The molecule has 1 aromatic heterocycles. The standard InChI is InChI=1S/C5H4BrNOS.BrH/c6-1-5(8)4-2-9-3-7-4;/h2-3H,1H2;1H. The van der Waals surface area contributed by atoms with Gasteiger partial charge in [0.1, 0.15) is 5.69 Å². The third-order valence-corrected chi connectivity index (χ3v) is 1.94. The van der Waals surface area contributed by atoms with Crippen LogP contribution in [0.3, 0.4) is 0 Å². The summed E-state index contributed by atoms with van der Waals surface area (Å²) >= 11 is 4.48. The zero-order valence-electron chi connectivity index (χ0n) is 4.91. The van der Waals surface area contributed by atoms with E-state index >= 15 is 0 Å². The van der Waals surface area contributed by atoms with Crippen LogP contribution in [0.1, 0.15) is 10.5 Å². The van der Waals surface area contributed by atoms with Crippen molar-refractivity contribution in [2.24, 2.45) is 0 Å². The molecule has 0 bridgehead atoms. The average Bonchev–Trinajstić information content (AvgIpc) is 2.37. The van der Waals surface area contributed by atoms with Crippen molar-refractivity contribution in [1.29, 1.82) is 0 Å². The monoisotopic (exact) mass is 285 g/mol. The second kappa shape index (κ2) is 4.98. The normalized spacial score (nSPS) is 8.50. The van der Waals surface area contributed by atoms with Crippen molar-refractivity contribution in [2.45, 2.75) is 0 Å². The van der Waals surface area contributed by atoms with E-state index in [0.717, 1.165) is 0 Å². The van der Waals surface area contributed by atoms with E-state index in [1.165, 1.54) is 11.3 Å². The molecule has 5 heteroatoms. The molecule has 0 radical (unpaired) electrons. The van der Waals surface area contributed by atoms with Gasteiger partial charge in [0, 0.05) is 5.38 Å². The maximum Gasteiger partial charge on any atom is 0.192 e. The Morgan fingerprint density at radius 2 is 2.50 bits per heavy atom. The number of Topliss-reactive ketones (excluding diaryl/α,β-unsaturated/α-hetero) is 1. The molecule has 1 rings (SSSR count). The lowest BCUT2D eigenvalue weighted by atomic mass is 10.4. The Bertz CT molecular complexity index is 199. The summed E-state index contributed by atoms with van der Waals surface area (Å²) in [6.07, 6.45) is 0. The molecule has 0 aliphatic rings. The quantitative estimate of drug-likeness (QED) is 0.617. The lowest BCUT2D eigenvalue weighted by molar-refractivity contribution is 0.102. The average molecular weight is 287 g/mol. The van der Waals surface area contributed by atoms with Gasteiger partial charge >= 0.3 is 0 Å². The number of aromatic nitrogens is 1. The fourth-order valence-electron chi connectivity index (χ4n) is 0.419. The van der Waals surface area contributed by atoms with Crippen LogP contribution in [-0.4, -0.2) is 16.1 Å². The molecule has 0 N–H and O–H groups in total. The van der Waals surface area contributed by atoms with Crippen molar-refractivity contribution >= 4 is 50.0 Å². The summed E-state index contributed by atoms with van der Waals surface area (Å²) in [5, 5.41) is 2.10. The zero-order chi connectivity index (χ0) is 6.69. The summed E-state index contributed by atoms with van der Waals surface area (Å²) in [5.74, 6) is 0.0382. The van der Waals surface area contributed by atoms with Gasteiger partial charge in [-0.3, -0.25) is 4.79 Å². The second-order valence-electron chi connectivity index (χ2n) is 1.43. The molecule has 0 spiro atoms. The lowest BCUT2D eigenvalue weighted by Gasteiger charge is -1.84. The van der Waals surface area contributed by atoms with E-state index < -0.39 is 0 Å². The molecule has 0 fully saturated rings. The van der Waals surface area contributed by atoms with Crippen LogP contribution in [0.2, 0.25) is 0 Å². The number of hydrogen-bond acceptors (Lipinski definition) is 3. The summed E-state index contributed by atoms with van der Waals surface area (Å²) in [5.41, 5.74) is 2.20. The van der Waals surface area contributed by atoms with E-state index in [0.29, 0.717) is 11.0 Å². The molecule has 0 atom stereocenters. The van der Waals surface area contributed by atoms with E-state index in [9.17, 15) is 4.79 Å². The first-order valence-electron chi connectivity index (χ1n) is 2.32. The molecule has 1 heterocycles. The van der Waals surface area contributed by atoms with Gasteiger partial charge in [-0.25, -0.2) is 4.98 Å². The van der Waals surface area contributed by atoms with Gasteiger partial charge < -0.3 is 0 Å². The zero-order valence-corrected chi connectivity index (χ0v) is 9.03. The highest BCUT2D eigenvalue weighted by Crippen LogP contribution is 2.02. The van der Waals surface area contributed by atoms with E-state index in [1.807, 2.05) is 0 Å². The Kier molecular flexibility index (Phi) is 5.11. The number of halogens is 2. The molecular formula is C5H5Br2NOS. The summed E-state index contributed by atoms with van der Waals surface area (Å²) < 4.78 is 0. The van der Waals surface area contributed by atoms with Gasteiger partial charge in [0.15, 0.2) is 5.78 Å². The van der Waals surface area contributed by atoms with Crippen LogP contribution in [-0.2, 0) is 0 Å². The maximum absolute atomic E-state index is 10.8. The topological polar surface area (TPSA) is 30.0 Å². The second-order valence-corrected chi connectivity index (χ2v) is 2.71. The van der Waals surface area contributed by atoms with Crippen LogP contribution in [0.5, 0.6) is 0 Å². The number of carbonyl (C=O) groups excluding carboxylic acids is 1. The summed E-state index contributed by atoms with van der Waals surface area (Å²) in [6.45, 7) is 0. The number of hydrogen-bond donors (Lipinski definition) is 0. The Balaban J connectivity index is 0.000000810. The maximum atomic E-state index is 10.8. The van der Waals surface area contributed by atoms with Crippen LogP contribution in [0, 0.1) is 0 Å². The Morgan fingerprint density at radius 1 is 1.80 bits per heavy atom. The fourth-order valence-corrected chi connectivity index (χ4v) is 1.26. The number of rotatable bonds is 2. The van der Waals surface area contributed by atoms with Gasteiger partial charge in [-0.15, -0.1) is 28.3 Å². The molecule has 0 unspecified atom stereocenters. The smallest absolute Gasteiger partial charge is 0.192 e. The third-order valence-electron chi connectivity index (χ3n) is 0.839. The summed E-state index contributed by atoms with van der Waals surface area (Å²) in [7, 11) is 0. The first-order valence-corrected chi connectivity index (χ1v) is 4.38. The van der Waals surface area contributed by atoms with Crippen molar-refractivity contribution in [1.82, 2.24) is 4.98 Å². The Hall–Kier alpha value is 0.260. The summed E-state index contributed by atoms with van der Waals surface area (Å²) in [6, 6.07) is 0. The van der Waals surface area contributed by atoms with Crippen LogP contribution >= 0.6 is 44.2 Å². The van der Waals surface area contributed by atoms with Crippen molar-refractivity contribution in [3.8, 4) is 0 Å². The molecular weight excluding hydrogens is 282 g/mol. The predicted octanol–water partition coefficient (Wildman–Crippen LogP) is 2.30. The lowest BCUT2D eigenvalue weighted by Crippen LogP contribution is -1.98. The molecule has 1 aromatic rings. The van der Waals surface area contributed by atoms with Crippen molar-refractivity contribution in [2.75, 3.05) is 5.33 Å². The van der Waals surface area contributed by atoms with E-state index in [4.69, 9.17) is 0 Å². The Morgan fingerprint density at radius 3 is 2.90 bits per heavy atom. The molecule has 0 aromatic carbocycles. The molecule has 0 aliphatic carbocycles. The minimum atomic E-state index is 0. The minimum Gasteiger partial charge on any atom is -0.291 e. The van der Waals surface area contributed by atoms with Gasteiger partial charge in [0.25, 0.3) is 0 Å². The molecule has 0 saturated heterocycles. The van der Waals surface area contributed by atoms with Crippen LogP contribution in [0.4, 0.5) is 0 Å². The van der Waals surface area contributed by atoms with Gasteiger partial charge in [0.05, 0.1) is 10.8 Å². The van der Waals surface area contributed by atoms with Gasteiger partial charge in [0.2, 0.25) is 0 Å². The number of carbonyl (C=O) groups is 1. The van der Waals surface area contributed by atoms with Crippen molar-refractivity contribution < 1.29 is 4.79 Å². The molecule has 0 aliphatic heterocycles. The van der Waals surface area contributed by atoms with Gasteiger partial charge in [-0.1, -0.05) is 15.9 Å². The van der Waals surface area contributed by atoms with Crippen LogP contribution in [0.25, 0.3) is 0 Å². The molecule has 2 nitrogen and oxygen atoms in total. The van der Waals surface area contributed by atoms with E-state index in [1.54, 1.807) is 10.9 Å². The minimum absolute atomic E-state index is 0. The number of nitrogens with zero attached hydrogens (tertiary/aromatic N) is 1. The number of thiazole rings is 1.